The molecule has 0 spiro atoms. The van der Waals surface area contributed by atoms with Crippen LogP contribution in [0.5, 0.6) is 0 Å². The topological polar surface area (TPSA) is 66.6 Å². The Hall–Kier alpha value is -0.170. The lowest BCUT2D eigenvalue weighted by atomic mass is 10.1. The highest BCUT2D eigenvalue weighted by molar-refractivity contribution is 7.88. The van der Waals surface area contributed by atoms with Gasteiger partial charge in [0.05, 0.1) is 6.26 Å². The number of piperazine rings is 1. The Bertz CT molecular complexity index is 297. The largest absolute Gasteiger partial charge is 0.330 e. The molecule has 1 heterocycles. The standard InChI is InChI=1S/C10H23N3O2S/c1-10(3-4-11)9-12-5-7-13(8-6-12)16(2,14)15/h10H,3-9,11H2,1-2H3. The third-order valence-corrected chi connectivity index (χ3v) is 4.33. The zero-order chi connectivity index (χ0) is 12.2. The normalized spacial score (nSPS) is 22.2. The molecule has 0 bridgehead atoms. The first kappa shape index (κ1) is 13.9. The van der Waals surface area contributed by atoms with Gasteiger partial charge in [-0.2, -0.15) is 4.31 Å². The van der Waals surface area contributed by atoms with E-state index in [1.807, 2.05) is 0 Å². The van der Waals surface area contributed by atoms with Crippen LogP contribution in [0.25, 0.3) is 0 Å². The first-order valence-electron chi connectivity index (χ1n) is 5.81. The van der Waals surface area contributed by atoms with Crippen LogP contribution in [0.15, 0.2) is 0 Å². The zero-order valence-corrected chi connectivity index (χ0v) is 11.0. The fourth-order valence-electron chi connectivity index (χ4n) is 2.06. The number of hydrogen-bond acceptors (Lipinski definition) is 4. The molecular weight excluding hydrogens is 226 g/mol. The molecular formula is C10H23N3O2S. The van der Waals surface area contributed by atoms with Gasteiger partial charge in [0.1, 0.15) is 0 Å². The SMILES string of the molecule is CC(CCN)CN1CCN(S(C)(=O)=O)CC1. The van der Waals surface area contributed by atoms with Crippen molar-refractivity contribution in [1.29, 1.82) is 0 Å². The molecule has 0 aromatic rings. The molecule has 1 rings (SSSR count). The van der Waals surface area contributed by atoms with Gasteiger partial charge in [-0.15, -0.1) is 0 Å². The minimum Gasteiger partial charge on any atom is -0.330 e. The van der Waals surface area contributed by atoms with E-state index in [1.54, 1.807) is 4.31 Å². The van der Waals surface area contributed by atoms with E-state index in [0.717, 1.165) is 32.6 Å². The van der Waals surface area contributed by atoms with Crippen LogP contribution in [0.3, 0.4) is 0 Å². The minimum atomic E-state index is -3.00. The second kappa shape index (κ2) is 5.95. The van der Waals surface area contributed by atoms with E-state index in [9.17, 15) is 8.42 Å². The maximum Gasteiger partial charge on any atom is 0.211 e. The van der Waals surface area contributed by atoms with Gasteiger partial charge in [0.15, 0.2) is 0 Å². The van der Waals surface area contributed by atoms with Crippen molar-refractivity contribution in [2.45, 2.75) is 13.3 Å². The van der Waals surface area contributed by atoms with E-state index >= 15 is 0 Å². The molecule has 6 heteroatoms. The molecule has 1 saturated heterocycles. The number of nitrogens with zero attached hydrogens (tertiary/aromatic N) is 2. The van der Waals surface area contributed by atoms with Crippen molar-refractivity contribution in [1.82, 2.24) is 9.21 Å². The molecule has 0 radical (unpaired) electrons. The van der Waals surface area contributed by atoms with E-state index in [0.29, 0.717) is 19.0 Å². The number of hydrogen-bond donors (Lipinski definition) is 1. The Kier molecular flexibility index (Phi) is 5.17. The highest BCUT2D eigenvalue weighted by Gasteiger charge is 2.23. The minimum absolute atomic E-state index is 0.592. The van der Waals surface area contributed by atoms with Crippen LogP contribution in [-0.4, -0.2) is 63.1 Å². The van der Waals surface area contributed by atoms with Gasteiger partial charge in [-0.3, -0.25) is 0 Å². The summed E-state index contributed by atoms with van der Waals surface area (Å²) in [5, 5.41) is 0. The predicted molar refractivity (Wildman–Crippen MR) is 65.7 cm³/mol. The van der Waals surface area contributed by atoms with Crippen LogP contribution >= 0.6 is 0 Å². The maximum atomic E-state index is 11.3. The molecule has 96 valence electrons. The molecule has 1 aliphatic rings. The zero-order valence-electron chi connectivity index (χ0n) is 10.2. The Labute approximate surface area is 98.6 Å². The Balaban J connectivity index is 2.32. The molecule has 0 amide bonds. The lowest BCUT2D eigenvalue weighted by Gasteiger charge is -2.34. The summed E-state index contributed by atoms with van der Waals surface area (Å²) in [6.07, 6.45) is 2.31. The van der Waals surface area contributed by atoms with Crippen LogP contribution in [0.2, 0.25) is 0 Å². The lowest BCUT2D eigenvalue weighted by Crippen LogP contribution is -2.49. The highest BCUT2D eigenvalue weighted by atomic mass is 32.2. The molecule has 0 aromatic heterocycles. The fraction of sp³-hybridized carbons (Fsp3) is 1.00. The first-order chi connectivity index (χ1) is 7.43. The fourth-order valence-corrected chi connectivity index (χ4v) is 2.89. The van der Waals surface area contributed by atoms with E-state index in [1.165, 1.54) is 6.26 Å². The van der Waals surface area contributed by atoms with Gasteiger partial charge in [0.25, 0.3) is 0 Å². The van der Waals surface area contributed by atoms with Gasteiger partial charge in [0, 0.05) is 32.7 Å². The molecule has 1 aliphatic heterocycles. The number of sulfonamides is 1. The summed E-state index contributed by atoms with van der Waals surface area (Å²) in [5.74, 6) is 0.592. The molecule has 1 fully saturated rings. The molecule has 1 atom stereocenters. The van der Waals surface area contributed by atoms with Crippen LogP contribution < -0.4 is 5.73 Å². The summed E-state index contributed by atoms with van der Waals surface area (Å²) in [7, 11) is -3.00. The molecule has 0 aromatic carbocycles. The van der Waals surface area contributed by atoms with Gasteiger partial charge >= 0.3 is 0 Å². The molecule has 5 nitrogen and oxygen atoms in total. The monoisotopic (exact) mass is 249 g/mol. The van der Waals surface area contributed by atoms with Crippen molar-refractivity contribution < 1.29 is 8.42 Å². The van der Waals surface area contributed by atoms with Crippen LogP contribution in [0.1, 0.15) is 13.3 Å². The van der Waals surface area contributed by atoms with Crippen molar-refractivity contribution in [2.75, 3.05) is 45.5 Å². The van der Waals surface area contributed by atoms with Gasteiger partial charge < -0.3 is 10.6 Å². The van der Waals surface area contributed by atoms with E-state index < -0.39 is 10.0 Å². The highest BCUT2D eigenvalue weighted by Crippen LogP contribution is 2.09. The number of rotatable bonds is 5. The first-order valence-corrected chi connectivity index (χ1v) is 7.66. The van der Waals surface area contributed by atoms with Crippen molar-refractivity contribution in [2.24, 2.45) is 11.7 Å². The van der Waals surface area contributed by atoms with Crippen LogP contribution in [-0.2, 0) is 10.0 Å². The second-order valence-corrected chi connectivity index (χ2v) is 6.63. The van der Waals surface area contributed by atoms with Crippen molar-refractivity contribution in [3.8, 4) is 0 Å². The third-order valence-electron chi connectivity index (χ3n) is 3.03. The number of nitrogens with two attached hydrogens (primary N) is 1. The van der Waals surface area contributed by atoms with Crippen molar-refractivity contribution >= 4 is 10.0 Å². The van der Waals surface area contributed by atoms with Gasteiger partial charge in [0.2, 0.25) is 10.0 Å². The predicted octanol–water partition coefficient (Wildman–Crippen LogP) is -0.451. The lowest BCUT2D eigenvalue weighted by molar-refractivity contribution is 0.167. The summed E-state index contributed by atoms with van der Waals surface area (Å²) >= 11 is 0. The maximum absolute atomic E-state index is 11.3. The van der Waals surface area contributed by atoms with E-state index in [4.69, 9.17) is 5.73 Å². The molecule has 0 saturated carbocycles. The Morgan fingerprint density at radius 1 is 1.25 bits per heavy atom. The molecule has 16 heavy (non-hydrogen) atoms. The van der Waals surface area contributed by atoms with Gasteiger partial charge in [-0.05, 0) is 18.9 Å². The summed E-state index contributed by atoms with van der Waals surface area (Å²) in [5.41, 5.74) is 5.51. The summed E-state index contributed by atoms with van der Waals surface area (Å²) in [6.45, 7) is 6.85. The average Bonchev–Trinajstić information content (AvgIpc) is 2.17. The van der Waals surface area contributed by atoms with E-state index in [-0.39, 0.29) is 0 Å². The quantitative estimate of drug-likeness (QED) is 0.716. The van der Waals surface area contributed by atoms with E-state index in [2.05, 4.69) is 11.8 Å². The van der Waals surface area contributed by atoms with Crippen molar-refractivity contribution in [3.05, 3.63) is 0 Å². The second-order valence-electron chi connectivity index (χ2n) is 4.65. The molecule has 2 N–H and O–H groups in total. The molecule has 0 aliphatic carbocycles. The third kappa shape index (κ3) is 4.37. The Morgan fingerprint density at radius 2 is 1.81 bits per heavy atom. The van der Waals surface area contributed by atoms with Crippen LogP contribution in [0, 0.1) is 5.92 Å². The average molecular weight is 249 g/mol. The summed E-state index contributed by atoms with van der Waals surface area (Å²) in [4.78, 5) is 2.32. The smallest absolute Gasteiger partial charge is 0.211 e. The summed E-state index contributed by atoms with van der Waals surface area (Å²) in [6, 6.07) is 0. The van der Waals surface area contributed by atoms with Crippen molar-refractivity contribution in [3.63, 3.8) is 0 Å². The summed E-state index contributed by atoms with van der Waals surface area (Å²) < 4.78 is 24.2. The molecule has 1 unspecified atom stereocenters. The van der Waals surface area contributed by atoms with Crippen LogP contribution in [0.4, 0.5) is 0 Å². The Morgan fingerprint density at radius 3 is 2.25 bits per heavy atom. The van der Waals surface area contributed by atoms with Gasteiger partial charge in [-0.25, -0.2) is 8.42 Å². The van der Waals surface area contributed by atoms with Gasteiger partial charge in [-0.1, -0.05) is 6.92 Å².